The predicted octanol–water partition coefficient (Wildman–Crippen LogP) is 10.5. The Kier molecular flexibility index (Phi) is 9.46. The van der Waals surface area contributed by atoms with Gasteiger partial charge in [0.2, 0.25) is 0 Å². The molecule has 0 aromatic heterocycles. The molecule has 0 bridgehead atoms. The largest absolute Gasteiger partial charge is 0.367 e. The molecule has 0 radical (unpaired) electrons. The Hall–Kier alpha value is -2.80. The van der Waals surface area contributed by atoms with Crippen molar-refractivity contribution in [2.45, 2.75) is 92.0 Å². The molecule has 0 aliphatic heterocycles. The molecule has 1 atom stereocenters. The maximum atomic E-state index is 4.24. The summed E-state index contributed by atoms with van der Waals surface area (Å²) >= 11 is 0. The van der Waals surface area contributed by atoms with Crippen LogP contribution in [0.1, 0.15) is 90.3 Å². The number of nitrogens with zero attached hydrogens (tertiary/aromatic N) is 1. The second kappa shape index (κ2) is 12.2. The summed E-state index contributed by atoms with van der Waals surface area (Å²) in [6.07, 6.45) is 12.5. The van der Waals surface area contributed by atoms with E-state index >= 15 is 0 Å². The molecule has 37 heavy (non-hydrogen) atoms. The maximum Gasteiger partial charge on any atom is 0.0504 e. The van der Waals surface area contributed by atoms with E-state index in [1.165, 1.54) is 45.5 Å². The van der Waals surface area contributed by atoms with E-state index in [2.05, 4.69) is 122 Å². The highest BCUT2D eigenvalue weighted by molar-refractivity contribution is 5.80. The van der Waals surface area contributed by atoms with Gasteiger partial charge >= 0.3 is 0 Å². The zero-order valence-corrected chi connectivity index (χ0v) is 24.7. The minimum atomic E-state index is 0.159. The molecule has 0 fully saturated rings. The van der Waals surface area contributed by atoms with Gasteiger partial charge in [-0.1, -0.05) is 101 Å². The predicted molar refractivity (Wildman–Crippen MR) is 166 cm³/mol. The molecule has 1 nitrogen and oxygen atoms in total. The fourth-order valence-electron chi connectivity index (χ4n) is 5.47. The van der Waals surface area contributed by atoms with E-state index in [-0.39, 0.29) is 5.41 Å². The lowest BCUT2D eigenvalue weighted by Crippen LogP contribution is -2.35. The lowest BCUT2D eigenvalue weighted by Gasteiger charge is -2.36. The van der Waals surface area contributed by atoms with Crippen molar-refractivity contribution in [3.05, 3.63) is 95.1 Å². The first-order valence-corrected chi connectivity index (χ1v) is 14.0. The van der Waals surface area contributed by atoms with Gasteiger partial charge in [0.15, 0.2) is 0 Å². The summed E-state index contributed by atoms with van der Waals surface area (Å²) in [6.45, 7) is 24.2. The maximum absolute atomic E-state index is 4.24. The molecule has 3 rings (SSSR count). The number of anilines is 1. The number of allylic oxidation sites excluding steroid dienone is 4. The topological polar surface area (TPSA) is 3.24 Å². The van der Waals surface area contributed by atoms with Crippen molar-refractivity contribution >= 4 is 11.8 Å². The highest BCUT2D eigenvalue weighted by Crippen LogP contribution is 2.37. The minimum Gasteiger partial charge on any atom is -0.367 e. The van der Waals surface area contributed by atoms with Crippen molar-refractivity contribution < 1.29 is 0 Å². The lowest BCUT2D eigenvalue weighted by atomic mass is 9.85. The van der Waals surface area contributed by atoms with Gasteiger partial charge in [0.1, 0.15) is 0 Å². The van der Waals surface area contributed by atoms with Crippen LogP contribution in [0.2, 0.25) is 0 Å². The Balaban J connectivity index is 1.95. The first-order valence-electron chi connectivity index (χ1n) is 14.0. The van der Waals surface area contributed by atoms with E-state index < -0.39 is 0 Å². The minimum absolute atomic E-state index is 0.159. The third kappa shape index (κ3) is 7.16. The summed E-state index contributed by atoms with van der Waals surface area (Å²) in [5.74, 6) is 0.621. The third-order valence-electron chi connectivity index (χ3n) is 7.87. The lowest BCUT2D eigenvalue weighted by molar-refractivity contribution is 0.506. The summed E-state index contributed by atoms with van der Waals surface area (Å²) in [5, 5.41) is 0. The number of hydrogen-bond acceptors (Lipinski definition) is 1. The molecule has 0 N–H and O–H groups in total. The average molecular weight is 496 g/mol. The Morgan fingerprint density at radius 1 is 1.03 bits per heavy atom. The summed E-state index contributed by atoms with van der Waals surface area (Å²) < 4.78 is 0. The standard InChI is InChI=1S/C36H49N/c1-11-32-27(6)33(29-18-20-31(21-19-29)36(7,8)9)22-23-34(32)37(10)35(24-26(4)5)30-16-14-28(15-17-30)13-12-25(2)3/h11,14,16,18-23,26,35H,1-2,12-13,15,17,24H2,3-10H3. The van der Waals surface area contributed by atoms with Crippen molar-refractivity contribution in [1.82, 2.24) is 0 Å². The van der Waals surface area contributed by atoms with E-state index in [0.29, 0.717) is 12.0 Å². The van der Waals surface area contributed by atoms with Gasteiger partial charge in [0.05, 0.1) is 6.04 Å². The van der Waals surface area contributed by atoms with Crippen LogP contribution in [0.15, 0.2) is 78.4 Å². The van der Waals surface area contributed by atoms with E-state index in [1.54, 1.807) is 11.1 Å². The number of hydrogen-bond donors (Lipinski definition) is 0. The van der Waals surface area contributed by atoms with E-state index in [0.717, 1.165) is 25.7 Å². The van der Waals surface area contributed by atoms with Crippen molar-refractivity contribution in [2.75, 3.05) is 11.9 Å². The Labute approximate surface area is 227 Å². The molecule has 1 unspecified atom stereocenters. The van der Waals surface area contributed by atoms with Crippen molar-refractivity contribution in [3.63, 3.8) is 0 Å². The number of rotatable bonds is 10. The fraction of sp³-hybridized carbons (Fsp3) is 0.444. The van der Waals surface area contributed by atoms with Crippen LogP contribution in [0.5, 0.6) is 0 Å². The van der Waals surface area contributed by atoms with Gasteiger partial charge in [0.25, 0.3) is 0 Å². The molecule has 2 aromatic carbocycles. The second-order valence-corrected chi connectivity index (χ2v) is 12.5. The highest BCUT2D eigenvalue weighted by Gasteiger charge is 2.25. The van der Waals surface area contributed by atoms with Crippen molar-refractivity contribution in [3.8, 4) is 11.1 Å². The van der Waals surface area contributed by atoms with E-state index in [9.17, 15) is 0 Å². The SMILES string of the molecule is C=Cc1c(N(C)C(CC(C)C)C2=CC=C(CCC(=C)C)CC2)ccc(-c2ccc(C(C)(C)C)cc2)c1C. The molecule has 2 aromatic rings. The molecule has 1 heteroatoms. The average Bonchev–Trinajstić information content (AvgIpc) is 2.85. The van der Waals surface area contributed by atoms with Crippen LogP contribution in [0.25, 0.3) is 17.2 Å². The summed E-state index contributed by atoms with van der Waals surface area (Å²) in [7, 11) is 2.27. The second-order valence-electron chi connectivity index (χ2n) is 12.5. The summed E-state index contributed by atoms with van der Waals surface area (Å²) in [4.78, 5) is 2.51. The molecule has 0 amide bonds. The van der Waals surface area contributed by atoms with Gasteiger partial charge in [-0.15, -0.1) is 6.58 Å². The zero-order valence-electron chi connectivity index (χ0n) is 24.7. The van der Waals surface area contributed by atoms with Crippen LogP contribution in [0.4, 0.5) is 5.69 Å². The molecule has 0 spiro atoms. The third-order valence-corrected chi connectivity index (χ3v) is 7.87. The molecule has 0 saturated carbocycles. The van der Waals surface area contributed by atoms with E-state index in [4.69, 9.17) is 0 Å². The first kappa shape index (κ1) is 28.8. The quantitative estimate of drug-likeness (QED) is 0.296. The van der Waals surface area contributed by atoms with Crippen LogP contribution in [-0.4, -0.2) is 13.1 Å². The van der Waals surface area contributed by atoms with Gasteiger partial charge in [-0.05, 0) is 91.2 Å². The van der Waals surface area contributed by atoms with Gasteiger partial charge in [0, 0.05) is 18.3 Å². The Morgan fingerprint density at radius 3 is 2.22 bits per heavy atom. The molecule has 0 saturated heterocycles. The first-order chi connectivity index (χ1) is 17.4. The molecule has 1 aliphatic rings. The molecule has 198 valence electrons. The number of benzene rings is 2. The van der Waals surface area contributed by atoms with Gasteiger partial charge in [-0.25, -0.2) is 0 Å². The van der Waals surface area contributed by atoms with Crippen LogP contribution in [0, 0.1) is 12.8 Å². The van der Waals surface area contributed by atoms with Crippen LogP contribution >= 0.6 is 0 Å². The summed E-state index contributed by atoms with van der Waals surface area (Å²) in [5.41, 5.74) is 12.3. The normalized spacial score (nSPS) is 14.7. The van der Waals surface area contributed by atoms with Crippen LogP contribution in [-0.2, 0) is 5.41 Å². The van der Waals surface area contributed by atoms with Crippen LogP contribution < -0.4 is 4.90 Å². The Morgan fingerprint density at radius 2 is 1.70 bits per heavy atom. The molecule has 1 aliphatic carbocycles. The smallest absolute Gasteiger partial charge is 0.0504 e. The van der Waals surface area contributed by atoms with Gasteiger partial charge in [-0.2, -0.15) is 0 Å². The Bertz CT molecular complexity index is 1160. The van der Waals surface area contributed by atoms with Gasteiger partial charge < -0.3 is 4.90 Å². The number of likely N-dealkylation sites (N-methyl/N-ethyl adjacent to an activating group) is 1. The monoisotopic (exact) mass is 495 g/mol. The zero-order chi connectivity index (χ0) is 27.3. The molecular formula is C36H49N. The van der Waals surface area contributed by atoms with Crippen LogP contribution in [0.3, 0.4) is 0 Å². The van der Waals surface area contributed by atoms with E-state index in [1.807, 2.05) is 6.08 Å². The fourth-order valence-corrected chi connectivity index (χ4v) is 5.47. The molecular weight excluding hydrogens is 446 g/mol. The summed E-state index contributed by atoms with van der Waals surface area (Å²) in [6, 6.07) is 14.1. The molecule has 0 heterocycles. The van der Waals surface area contributed by atoms with Crippen molar-refractivity contribution in [1.29, 1.82) is 0 Å². The highest BCUT2D eigenvalue weighted by atomic mass is 15.1. The van der Waals surface area contributed by atoms with Crippen molar-refractivity contribution in [2.24, 2.45) is 5.92 Å². The van der Waals surface area contributed by atoms with Gasteiger partial charge in [-0.3, -0.25) is 0 Å².